The molecule has 0 bridgehead atoms. The van der Waals surface area contributed by atoms with Crippen molar-refractivity contribution in [1.82, 2.24) is 10.2 Å². The molecule has 1 aromatic rings. The van der Waals surface area contributed by atoms with Gasteiger partial charge >= 0.3 is 0 Å². The lowest BCUT2D eigenvalue weighted by Gasteiger charge is -2.10. The van der Waals surface area contributed by atoms with Crippen molar-refractivity contribution in [3.05, 3.63) is 35.9 Å². The highest BCUT2D eigenvalue weighted by molar-refractivity contribution is 5.50. The van der Waals surface area contributed by atoms with Crippen molar-refractivity contribution in [2.24, 2.45) is 0 Å². The molecule has 1 aromatic carbocycles. The van der Waals surface area contributed by atoms with Crippen molar-refractivity contribution in [3.63, 3.8) is 0 Å². The zero-order valence-electron chi connectivity index (χ0n) is 12.4. The summed E-state index contributed by atoms with van der Waals surface area (Å²) in [5.74, 6) is 0.933. The highest BCUT2D eigenvalue weighted by atomic mass is 16.5. The number of nitrogens with zero attached hydrogens (tertiary/aromatic N) is 1. The Morgan fingerprint density at radius 2 is 1.95 bits per heavy atom. The summed E-state index contributed by atoms with van der Waals surface area (Å²) >= 11 is 0. The fourth-order valence-electron chi connectivity index (χ4n) is 1.58. The van der Waals surface area contributed by atoms with E-state index < -0.39 is 0 Å². The maximum absolute atomic E-state index is 5.65. The molecule has 106 valence electrons. The third-order valence-corrected chi connectivity index (χ3v) is 2.69. The van der Waals surface area contributed by atoms with Gasteiger partial charge in [-0.15, -0.1) is 0 Å². The first-order valence-corrected chi connectivity index (χ1v) is 6.97. The smallest absolute Gasteiger partial charge is 0.119 e. The molecule has 0 saturated carbocycles. The van der Waals surface area contributed by atoms with Crippen molar-refractivity contribution in [2.75, 3.05) is 40.3 Å². The van der Waals surface area contributed by atoms with Gasteiger partial charge < -0.3 is 15.0 Å². The summed E-state index contributed by atoms with van der Waals surface area (Å²) in [6.07, 6.45) is 5.46. The van der Waals surface area contributed by atoms with Crippen molar-refractivity contribution in [3.8, 4) is 5.75 Å². The summed E-state index contributed by atoms with van der Waals surface area (Å²) in [5.41, 5.74) is 1.21. The summed E-state index contributed by atoms with van der Waals surface area (Å²) in [5, 5.41) is 3.34. The van der Waals surface area contributed by atoms with Crippen LogP contribution in [0.3, 0.4) is 0 Å². The van der Waals surface area contributed by atoms with E-state index >= 15 is 0 Å². The zero-order valence-corrected chi connectivity index (χ0v) is 12.4. The van der Waals surface area contributed by atoms with Crippen LogP contribution in [0, 0.1) is 0 Å². The molecule has 0 aromatic heterocycles. The van der Waals surface area contributed by atoms with Crippen LogP contribution < -0.4 is 10.1 Å². The monoisotopic (exact) mass is 262 g/mol. The van der Waals surface area contributed by atoms with Gasteiger partial charge in [-0.25, -0.2) is 0 Å². The summed E-state index contributed by atoms with van der Waals surface area (Å²) in [6, 6.07) is 8.21. The Balaban J connectivity index is 2.30. The minimum absolute atomic E-state index is 0.725. The maximum atomic E-state index is 5.65. The topological polar surface area (TPSA) is 24.5 Å². The van der Waals surface area contributed by atoms with E-state index in [1.54, 1.807) is 0 Å². The second-order valence-electron chi connectivity index (χ2n) is 4.83. The minimum Gasteiger partial charge on any atom is -0.492 e. The van der Waals surface area contributed by atoms with E-state index in [1.807, 2.05) is 26.2 Å². The molecule has 0 unspecified atom stereocenters. The van der Waals surface area contributed by atoms with Crippen LogP contribution in [0.15, 0.2) is 30.3 Å². The fraction of sp³-hybridized carbons (Fsp3) is 0.500. The number of rotatable bonds is 9. The van der Waals surface area contributed by atoms with Crippen molar-refractivity contribution in [1.29, 1.82) is 0 Å². The van der Waals surface area contributed by atoms with E-state index in [0.29, 0.717) is 0 Å². The second-order valence-corrected chi connectivity index (χ2v) is 4.83. The summed E-state index contributed by atoms with van der Waals surface area (Å²) in [4.78, 5) is 2.11. The predicted octanol–water partition coefficient (Wildman–Crippen LogP) is 2.64. The largest absolute Gasteiger partial charge is 0.492 e. The molecule has 0 saturated heterocycles. The SMILES string of the molecule is CCCNCC=Cc1ccc(OCCN(C)C)cc1. The maximum Gasteiger partial charge on any atom is 0.119 e. The Labute approximate surface area is 117 Å². The van der Waals surface area contributed by atoms with Crippen molar-refractivity contribution >= 4 is 6.08 Å². The molecule has 0 aliphatic heterocycles. The first-order chi connectivity index (χ1) is 9.22. The van der Waals surface area contributed by atoms with Gasteiger partial charge in [0.2, 0.25) is 0 Å². The number of hydrogen-bond acceptors (Lipinski definition) is 3. The normalized spacial score (nSPS) is 11.4. The van der Waals surface area contributed by atoms with Crippen LogP contribution in [0.2, 0.25) is 0 Å². The lowest BCUT2D eigenvalue weighted by atomic mass is 10.2. The Morgan fingerprint density at radius 3 is 2.58 bits per heavy atom. The van der Waals surface area contributed by atoms with Crippen LogP contribution in [0.4, 0.5) is 0 Å². The molecule has 1 N–H and O–H groups in total. The molecule has 0 aliphatic carbocycles. The Bertz CT molecular complexity index is 358. The van der Waals surface area contributed by atoms with Crippen molar-refractivity contribution < 1.29 is 4.74 Å². The Hall–Kier alpha value is -1.32. The van der Waals surface area contributed by atoms with Crippen LogP contribution in [-0.2, 0) is 0 Å². The van der Waals surface area contributed by atoms with E-state index in [2.05, 4.69) is 41.4 Å². The number of ether oxygens (including phenoxy) is 1. The molecule has 0 radical (unpaired) electrons. The molecule has 0 heterocycles. The minimum atomic E-state index is 0.725. The lowest BCUT2D eigenvalue weighted by Crippen LogP contribution is -2.19. The van der Waals surface area contributed by atoms with Gasteiger partial charge in [0.1, 0.15) is 12.4 Å². The quantitative estimate of drug-likeness (QED) is 0.692. The van der Waals surface area contributed by atoms with Crippen LogP contribution in [-0.4, -0.2) is 45.2 Å². The average molecular weight is 262 g/mol. The molecule has 3 nitrogen and oxygen atoms in total. The zero-order chi connectivity index (χ0) is 13.9. The average Bonchev–Trinajstić information content (AvgIpc) is 2.40. The molecule has 0 aliphatic rings. The third-order valence-electron chi connectivity index (χ3n) is 2.69. The lowest BCUT2D eigenvalue weighted by molar-refractivity contribution is 0.261. The number of nitrogens with one attached hydrogen (secondary N) is 1. The molecule has 3 heteroatoms. The van der Waals surface area contributed by atoms with E-state index in [9.17, 15) is 0 Å². The van der Waals surface area contributed by atoms with Gasteiger partial charge in [0.25, 0.3) is 0 Å². The van der Waals surface area contributed by atoms with E-state index in [0.717, 1.165) is 32.0 Å². The summed E-state index contributed by atoms with van der Waals surface area (Å²) in [6.45, 7) is 5.83. The van der Waals surface area contributed by atoms with Crippen LogP contribution in [0.5, 0.6) is 5.75 Å². The fourth-order valence-corrected chi connectivity index (χ4v) is 1.58. The van der Waals surface area contributed by atoms with Crippen LogP contribution in [0.1, 0.15) is 18.9 Å². The molecule has 0 fully saturated rings. The molecule has 19 heavy (non-hydrogen) atoms. The van der Waals surface area contributed by atoms with E-state index in [-0.39, 0.29) is 0 Å². The standard InChI is InChI=1S/C16H26N2O/c1-4-11-17-12-5-6-15-7-9-16(10-8-15)19-14-13-18(2)3/h5-10,17H,4,11-14H2,1-3H3. The van der Waals surface area contributed by atoms with Crippen LogP contribution >= 0.6 is 0 Å². The first-order valence-electron chi connectivity index (χ1n) is 6.97. The van der Waals surface area contributed by atoms with Gasteiger partial charge in [-0.3, -0.25) is 0 Å². The number of benzene rings is 1. The Kier molecular flexibility index (Phi) is 7.94. The van der Waals surface area contributed by atoms with Gasteiger partial charge in [0, 0.05) is 13.1 Å². The number of hydrogen-bond donors (Lipinski definition) is 1. The van der Waals surface area contributed by atoms with Crippen LogP contribution in [0.25, 0.3) is 6.08 Å². The van der Waals surface area contributed by atoms with Crippen molar-refractivity contribution in [2.45, 2.75) is 13.3 Å². The first kappa shape index (κ1) is 15.7. The van der Waals surface area contributed by atoms with Gasteiger partial charge in [0.15, 0.2) is 0 Å². The molecular weight excluding hydrogens is 236 g/mol. The second kappa shape index (κ2) is 9.59. The molecule has 0 atom stereocenters. The predicted molar refractivity (Wildman–Crippen MR) is 82.7 cm³/mol. The molecule has 0 spiro atoms. The highest BCUT2D eigenvalue weighted by Gasteiger charge is 1.94. The Morgan fingerprint density at radius 1 is 1.21 bits per heavy atom. The van der Waals surface area contributed by atoms with Gasteiger partial charge in [-0.1, -0.05) is 31.2 Å². The highest BCUT2D eigenvalue weighted by Crippen LogP contribution is 2.12. The van der Waals surface area contributed by atoms with E-state index in [1.165, 1.54) is 12.0 Å². The van der Waals surface area contributed by atoms with Gasteiger partial charge in [0.05, 0.1) is 0 Å². The molecular formula is C16H26N2O. The molecule has 0 amide bonds. The third kappa shape index (κ3) is 7.65. The van der Waals surface area contributed by atoms with E-state index in [4.69, 9.17) is 4.74 Å². The number of likely N-dealkylation sites (N-methyl/N-ethyl adjacent to an activating group) is 1. The summed E-state index contributed by atoms with van der Waals surface area (Å²) < 4.78 is 5.65. The summed E-state index contributed by atoms with van der Waals surface area (Å²) in [7, 11) is 4.09. The molecule has 1 rings (SSSR count). The van der Waals surface area contributed by atoms with Gasteiger partial charge in [-0.05, 0) is 44.8 Å². The van der Waals surface area contributed by atoms with Gasteiger partial charge in [-0.2, -0.15) is 0 Å².